The number of rotatable bonds is 6. The highest BCUT2D eigenvalue weighted by molar-refractivity contribution is 5.73. The molecule has 1 heterocycles. The predicted octanol–water partition coefficient (Wildman–Crippen LogP) is 2.32. The highest BCUT2D eigenvalue weighted by atomic mass is 16.7. The Kier molecular flexibility index (Phi) is 5.71. The van der Waals surface area contributed by atoms with E-state index in [9.17, 15) is 9.59 Å². The van der Waals surface area contributed by atoms with Crippen molar-refractivity contribution in [3.05, 3.63) is 0 Å². The Morgan fingerprint density at radius 2 is 1.90 bits per heavy atom. The van der Waals surface area contributed by atoms with Gasteiger partial charge in [0.25, 0.3) is 0 Å². The Hall–Kier alpha value is -0.940. The average molecular weight is 286 g/mol. The largest absolute Gasteiger partial charge is 0.460 e. The van der Waals surface area contributed by atoms with Gasteiger partial charge in [-0.2, -0.15) is 0 Å². The lowest BCUT2D eigenvalue weighted by Crippen LogP contribution is -2.43. The van der Waals surface area contributed by atoms with Crippen molar-refractivity contribution in [1.82, 2.24) is 0 Å². The molecule has 1 aliphatic heterocycles. The summed E-state index contributed by atoms with van der Waals surface area (Å²) in [5, 5.41) is 0. The second-order valence-electron chi connectivity index (χ2n) is 6.39. The molecule has 0 amide bonds. The molecule has 0 bridgehead atoms. The van der Waals surface area contributed by atoms with E-state index >= 15 is 0 Å². The Labute approximate surface area is 121 Å². The van der Waals surface area contributed by atoms with Crippen LogP contribution in [0.4, 0.5) is 0 Å². The molecule has 1 aliphatic rings. The fourth-order valence-corrected chi connectivity index (χ4v) is 2.52. The molecule has 116 valence electrons. The minimum atomic E-state index is -0.820. The molecular weight excluding hydrogens is 260 g/mol. The quantitative estimate of drug-likeness (QED) is 0.554. The molecule has 0 saturated carbocycles. The standard InChI is InChI=1S/C15H26O5/c1-11(13(17)20-14(2,3)4)12(7-6-8-16)15(5)18-9-10-19-15/h8,11-12H,6-7,9-10H2,1-5H3. The van der Waals surface area contributed by atoms with Crippen molar-refractivity contribution >= 4 is 12.3 Å². The number of aldehydes is 1. The van der Waals surface area contributed by atoms with Crippen LogP contribution in [0.2, 0.25) is 0 Å². The van der Waals surface area contributed by atoms with Crippen LogP contribution in [-0.2, 0) is 23.8 Å². The molecule has 1 saturated heterocycles. The lowest BCUT2D eigenvalue weighted by atomic mass is 9.83. The molecule has 0 aromatic carbocycles. The maximum absolute atomic E-state index is 12.2. The number of hydrogen-bond donors (Lipinski definition) is 0. The van der Waals surface area contributed by atoms with Gasteiger partial charge in [-0.1, -0.05) is 6.92 Å². The zero-order valence-corrected chi connectivity index (χ0v) is 13.1. The molecule has 0 aliphatic carbocycles. The van der Waals surface area contributed by atoms with Crippen molar-refractivity contribution in [3.8, 4) is 0 Å². The zero-order valence-electron chi connectivity index (χ0n) is 13.1. The Balaban J connectivity index is 2.81. The van der Waals surface area contributed by atoms with Crippen molar-refractivity contribution < 1.29 is 23.8 Å². The van der Waals surface area contributed by atoms with Crippen LogP contribution in [0.25, 0.3) is 0 Å². The number of hydrogen-bond acceptors (Lipinski definition) is 5. The number of ether oxygens (including phenoxy) is 3. The normalized spacial score (nSPS) is 21.2. The summed E-state index contributed by atoms with van der Waals surface area (Å²) in [7, 11) is 0. The summed E-state index contributed by atoms with van der Waals surface area (Å²) in [6.07, 6.45) is 1.77. The van der Waals surface area contributed by atoms with Gasteiger partial charge >= 0.3 is 5.97 Å². The molecule has 0 aromatic rings. The van der Waals surface area contributed by atoms with Crippen LogP contribution in [0.3, 0.4) is 0 Å². The molecule has 0 aromatic heterocycles. The second-order valence-corrected chi connectivity index (χ2v) is 6.39. The van der Waals surface area contributed by atoms with Gasteiger partial charge in [0.15, 0.2) is 5.79 Å². The minimum absolute atomic E-state index is 0.204. The third kappa shape index (κ3) is 4.56. The van der Waals surface area contributed by atoms with Gasteiger partial charge in [0.2, 0.25) is 0 Å². The fraction of sp³-hybridized carbons (Fsp3) is 0.867. The predicted molar refractivity (Wildman–Crippen MR) is 74.1 cm³/mol. The summed E-state index contributed by atoms with van der Waals surface area (Å²) in [6, 6.07) is 0. The number of carbonyl (C=O) groups excluding carboxylic acids is 2. The van der Waals surface area contributed by atoms with Gasteiger partial charge < -0.3 is 19.0 Å². The number of esters is 1. The third-order valence-electron chi connectivity index (χ3n) is 3.51. The smallest absolute Gasteiger partial charge is 0.309 e. The molecule has 1 fully saturated rings. The van der Waals surface area contributed by atoms with Gasteiger partial charge in [-0.25, -0.2) is 0 Å². The molecule has 5 nitrogen and oxygen atoms in total. The highest BCUT2D eigenvalue weighted by Gasteiger charge is 2.45. The minimum Gasteiger partial charge on any atom is -0.460 e. The van der Waals surface area contributed by atoms with Crippen molar-refractivity contribution in [2.45, 2.75) is 58.8 Å². The Morgan fingerprint density at radius 1 is 1.35 bits per heavy atom. The summed E-state index contributed by atoms with van der Waals surface area (Å²) in [6.45, 7) is 10.2. The van der Waals surface area contributed by atoms with Gasteiger partial charge in [0, 0.05) is 12.3 Å². The lowest BCUT2D eigenvalue weighted by molar-refractivity contribution is -0.205. The van der Waals surface area contributed by atoms with Crippen LogP contribution in [-0.4, -0.2) is 36.9 Å². The van der Waals surface area contributed by atoms with Gasteiger partial charge in [0.1, 0.15) is 11.9 Å². The van der Waals surface area contributed by atoms with Crippen LogP contribution >= 0.6 is 0 Å². The zero-order chi connectivity index (χ0) is 15.4. The monoisotopic (exact) mass is 286 g/mol. The van der Waals surface area contributed by atoms with E-state index in [2.05, 4.69) is 0 Å². The van der Waals surface area contributed by atoms with E-state index in [1.807, 2.05) is 27.7 Å². The summed E-state index contributed by atoms with van der Waals surface area (Å²) < 4.78 is 16.7. The van der Waals surface area contributed by atoms with Crippen LogP contribution in [0.15, 0.2) is 0 Å². The van der Waals surface area contributed by atoms with Crippen molar-refractivity contribution in [2.75, 3.05) is 13.2 Å². The van der Waals surface area contributed by atoms with E-state index in [1.54, 1.807) is 6.92 Å². The molecule has 2 unspecified atom stereocenters. The van der Waals surface area contributed by atoms with Crippen molar-refractivity contribution in [1.29, 1.82) is 0 Å². The van der Waals surface area contributed by atoms with Gasteiger partial charge in [-0.15, -0.1) is 0 Å². The highest BCUT2D eigenvalue weighted by Crippen LogP contribution is 2.37. The van der Waals surface area contributed by atoms with E-state index in [0.29, 0.717) is 26.1 Å². The second kappa shape index (κ2) is 6.68. The first-order valence-electron chi connectivity index (χ1n) is 7.14. The molecule has 20 heavy (non-hydrogen) atoms. The van der Waals surface area contributed by atoms with Crippen molar-refractivity contribution in [2.24, 2.45) is 11.8 Å². The Morgan fingerprint density at radius 3 is 2.35 bits per heavy atom. The van der Waals surface area contributed by atoms with Gasteiger partial charge in [0.05, 0.1) is 19.1 Å². The number of carbonyl (C=O) groups is 2. The van der Waals surface area contributed by atoms with E-state index < -0.39 is 17.3 Å². The van der Waals surface area contributed by atoms with Crippen LogP contribution in [0.5, 0.6) is 0 Å². The molecule has 2 atom stereocenters. The Bertz CT molecular complexity index is 339. The topological polar surface area (TPSA) is 61.8 Å². The summed E-state index contributed by atoms with van der Waals surface area (Å²) >= 11 is 0. The maximum Gasteiger partial charge on any atom is 0.309 e. The molecule has 1 rings (SSSR count). The summed E-state index contributed by atoms with van der Waals surface area (Å²) in [5.41, 5.74) is -0.529. The first-order chi connectivity index (χ1) is 9.19. The van der Waals surface area contributed by atoms with Gasteiger partial charge in [-0.05, 0) is 34.1 Å². The molecule has 0 radical (unpaired) electrons. The van der Waals surface area contributed by atoms with Gasteiger partial charge in [-0.3, -0.25) is 4.79 Å². The third-order valence-corrected chi connectivity index (χ3v) is 3.51. The molecular formula is C15H26O5. The van der Waals surface area contributed by atoms with E-state index in [0.717, 1.165) is 6.29 Å². The van der Waals surface area contributed by atoms with Crippen LogP contribution in [0.1, 0.15) is 47.5 Å². The van der Waals surface area contributed by atoms with Crippen molar-refractivity contribution in [3.63, 3.8) is 0 Å². The van der Waals surface area contributed by atoms with E-state index in [1.165, 1.54) is 0 Å². The molecule has 5 heteroatoms. The summed E-state index contributed by atoms with van der Waals surface area (Å²) in [5.74, 6) is -1.70. The maximum atomic E-state index is 12.2. The average Bonchev–Trinajstić information content (AvgIpc) is 2.75. The summed E-state index contributed by atoms with van der Waals surface area (Å²) in [4.78, 5) is 22.9. The SMILES string of the molecule is CC(C(=O)OC(C)(C)C)C(CCC=O)C1(C)OCCO1. The first kappa shape index (κ1) is 17.1. The molecule has 0 N–H and O–H groups in total. The van der Waals surface area contributed by atoms with Crippen LogP contribution in [0, 0.1) is 11.8 Å². The van der Waals surface area contributed by atoms with E-state index in [4.69, 9.17) is 14.2 Å². The van der Waals surface area contributed by atoms with Crippen LogP contribution < -0.4 is 0 Å². The fourth-order valence-electron chi connectivity index (χ4n) is 2.52. The van der Waals surface area contributed by atoms with E-state index in [-0.39, 0.29) is 11.9 Å². The molecule has 0 spiro atoms. The lowest BCUT2D eigenvalue weighted by Gasteiger charge is -2.36. The first-order valence-corrected chi connectivity index (χ1v) is 7.14.